The predicted molar refractivity (Wildman–Crippen MR) is 127 cm³/mol. The molecule has 4 rings (SSSR count). The second-order valence-electron chi connectivity index (χ2n) is 7.01. The molecule has 0 saturated heterocycles. The van der Waals surface area contributed by atoms with Crippen molar-refractivity contribution in [1.29, 1.82) is 0 Å². The lowest BCUT2D eigenvalue weighted by atomic mass is 10.2. The average Bonchev–Trinajstić information content (AvgIpc) is 2.81. The summed E-state index contributed by atoms with van der Waals surface area (Å²) in [5.74, 6) is 0.0909. The van der Waals surface area contributed by atoms with E-state index in [2.05, 4.69) is 4.98 Å². The van der Waals surface area contributed by atoms with Gasteiger partial charge in [-0.25, -0.2) is 4.98 Å². The molecule has 1 heterocycles. The molecule has 4 aromatic rings. The molecule has 0 fully saturated rings. The minimum Gasteiger partial charge on any atom is -0.315 e. The molecular formula is C24H20ClN3O2S. The summed E-state index contributed by atoms with van der Waals surface area (Å²) in [4.78, 5) is 32.2. The molecule has 0 aliphatic carbocycles. The van der Waals surface area contributed by atoms with Crippen LogP contribution in [0.4, 0.5) is 5.69 Å². The summed E-state index contributed by atoms with van der Waals surface area (Å²) in [7, 11) is 1.74. The summed E-state index contributed by atoms with van der Waals surface area (Å²) in [6.45, 7) is 0.346. The summed E-state index contributed by atoms with van der Waals surface area (Å²) in [6.07, 6.45) is 0. The van der Waals surface area contributed by atoms with Crippen molar-refractivity contribution in [3.8, 4) is 0 Å². The van der Waals surface area contributed by atoms with Crippen molar-refractivity contribution < 1.29 is 4.79 Å². The number of anilines is 1. The smallest absolute Gasteiger partial charge is 0.262 e. The summed E-state index contributed by atoms with van der Waals surface area (Å²) in [5.41, 5.74) is 2.23. The van der Waals surface area contributed by atoms with Gasteiger partial charge in [-0.1, -0.05) is 65.8 Å². The van der Waals surface area contributed by atoms with Gasteiger partial charge in [0.25, 0.3) is 5.56 Å². The number of nitrogens with zero attached hydrogens (tertiary/aromatic N) is 3. The number of hydrogen-bond donors (Lipinski definition) is 0. The highest BCUT2D eigenvalue weighted by molar-refractivity contribution is 7.99. The van der Waals surface area contributed by atoms with E-state index in [0.29, 0.717) is 27.6 Å². The molecule has 156 valence electrons. The zero-order valence-corrected chi connectivity index (χ0v) is 18.4. The van der Waals surface area contributed by atoms with E-state index < -0.39 is 0 Å². The lowest BCUT2D eigenvalue weighted by molar-refractivity contribution is -0.115. The van der Waals surface area contributed by atoms with Gasteiger partial charge in [0, 0.05) is 17.8 Å². The first-order chi connectivity index (χ1) is 15.0. The maximum absolute atomic E-state index is 13.2. The Hall–Kier alpha value is -3.09. The SMILES string of the molecule is CN(C(=O)CSc1nc2ccccc2c(=O)n1Cc1ccc(Cl)cc1)c1ccccc1. The zero-order chi connectivity index (χ0) is 21.8. The zero-order valence-electron chi connectivity index (χ0n) is 16.9. The first-order valence-electron chi connectivity index (χ1n) is 9.71. The molecule has 0 bridgehead atoms. The van der Waals surface area contributed by atoms with E-state index in [1.165, 1.54) is 11.8 Å². The fraction of sp³-hybridized carbons (Fsp3) is 0.125. The van der Waals surface area contributed by atoms with Crippen molar-refractivity contribution in [3.05, 3.63) is 99.8 Å². The number of aromatic nitrogens is 2. The molecule has 0 saturated carbocycles. The van der Waals surface area contributed by atoms with Gasteiger partial charge in [-0.05, 0) is 42.0 Å². The number of carbonyl (C=O) groups excluding carboxylic acids is 1. The number of carbonyl (C=O) groups is 1. The van der Waals surface area contributed by atoms with Crippen LogP contribution in [-0.4, -0.2) is 28.3 Å². The van der Waals surface area contributed by atoms with Crippen molar-refractivity contribution in [2.45, 2.75) is 11.7 Å². The van der Waals surface area contributed by atoms with Crippen LogP contribution in [0.15, 0.2) is 88.8 Å². The van der Waals surface area contributed by atoms with Crippen LogP contribution in [0.3, 0.4) is 0 Å². The van der Waals surface area contributed by atoms with Crippen LogP contribution in [0.5, 0.6) is 0 Å². The second-order valence-corrected chi connectivity index (χ2v) is 8.39. The van der Waals surface area contributed by atoms with E-state index in [4.69, 9.17) is 11.6 Å². The first-order valence-corrected chi connectivity index (χ1v) is 11.1. The molecule has 0 N–H and O–H groups in total. The van der Waals surface area contributed by atoms with Gasteiger partial charge in [0.1, 0.15) is 0 Å². The van der Waals surface area contributed by atoms with Crippen LogP contribution >= 0.6 is 23.4 Å². The number of halogens is 1. The summed E-state index contributed by atoms with van der Waals surface area (Å²) >= 11 is 7.26. The highest BCUT2D eigenvalue weighted by Crippen LogP contribution is 2.21. The van der Waals surface area contributed by atoms with E-state index >= 15 is 0 Å². The van der Waals surface area contributed by atoms with Crippen LogP contribution < -0.4 is 10.5 Å². The van der Waals surface area contributed by atoms with Gasteiger partial charge < -0.3 is 4.90 Å². The van der Waals surface area contributed by atoms with E-state index in [1.54, 1.807) is 34.7 Å². The highest BCUT2D eigenvalue weighted by atomic mass is 35.5. The molecule has 3 aromatic carbocycles. The van der Waals surface area contributed by atoms with Crippen LogP contribution in [0, 0.1) is 0 Å². The summed E-state index contributed by atoms with van der Waals surface area (Å²) < 4.78 is 1.62. The second kappa shape index (κ2) is 9.37. The Morgan fingerprint density at radius 3 is 2.42 bits per heavy atom. The molecule has 7 heteroatoms. The van der Waals surface area contributed by atoms with Crippen LogP contribution in [0.2, 0.25) is 5.02 Å². The third-order valence-electron chi connectivity index (χ3n) is 4.92. The van der Waals surface area contributed by atoms with E-state index in [1.807, 2.05) is 60.7 Å². The highest BCUT2D eigenvalue weighted by Gasteiger charge is 2.16. The van der Waals surface area contributed by atoms with Gasteiger partial charge in [-0.3, -0.25) is 14.2 Å². The molecule has 0 atom stereocenters. The minimum atomic E-state index is -0.132. The molecule has 1 amide bonds. The Bertz CT molecular complexity index is 1270. The molecule has 5 nitrogen and oxygen atoms in total. The Labute approximate surface area is 189 Å². The fourth-order valence-electron chi connectivity index (χ4n) is 3.19. The predicted octanol–water partition coefficient (Wildman–Crippen LogP) is 4.85. The number of benzene rings is 3. The number of thioether (sulfide) groups is 1. The number of hydrogen-bond acceptors (Lipinski definition) is 4. The lowest BCUT2D eigenvalue weighted by Gasteiger charge is -2.18. The third kappa shape index (κ3) is 4.81. The lowest BCUT2D eigenvalue weighted by Crippen LogP contribution is -2.29. The van der Waals surface area contributed by atoms with E-state index in [9.17, 15) is 9.59 Å². The Morgan fingerprint density at radius 2 is 1.68 bits per heavy atom. The monoisotopic (exact) mass is 449 g/mol. The maximum atomic E-state index is 13.2. The van der Waals surface area contributed by atoms with Gasteiger partial charge >= 0.3 is 0 Å². The fourth-order valence-corrected chi connectivity index (χ4v) is 4.23. The first kappa shape index (κ1) is 21.2. The molecule has 1 aromatic heterocycles. The van der Waals surface area contributed by atoms with Crippen molar-refractivity contribution >= 4 is 45.9 Å². The number of rotatable bonds is 6. The van der Waals surface area contributed by atoms with E-state index in [0.717, 1.165) is 11.3 Å². The average molecular weight is 450 g/mol. The molecular weight excluding hydrogens is 430 g/mol. The van der Waals surface area contributed by atoms with Crippen molar-refractivity contribution in [1.82, 2.24) is 9.55 Å². The maximum Gasteiger partial charge on any atom is 0.262 e. The Morgan fingerprint density at radius 1 is 1.00 bits per heavy atom. The van der Waals surface area contributed by atoms with Gasteiger partial charge in [-0.2, -0.15) is 0 Å². The van der Waals surface area contributed by atoms with Gasteiger partial charge in [-0.15, -0.1) is 0 Å². The summed E-state index contributed by atoms with van der Waals surface area (Å²) in [5, 5.41) is 1.69. The van der Waals surface area contributed by atoms with Crippen molar-refractivity contribution in [2.75, 3.05) is 17.7 Å². The summed E-state index contributed by atoms with van der Waals surface area (Å²) in [6, 6.07) is 24.1. The van der Waals surface area contributed by atoms with Crippen molar-refractivity contribution in [3.63, 3.8) is 0 Å². The molecule has 0 unspecified atom stereocenters. The molecule has 31 heavy (non-hydrogen) atoms. The molecule has 0 aliphatic heterocycles. The molecule has 0 spiro atoms. The quantitative estimate of drug-likeness (QED) is 0.312. The number of fused-ring (bicyclic) bond motifs is 1. The van der Waals surface area contributed by atoms with Gasteiger partial charge in [0.05, 0.1) is 23.2 Å². The topological polar surface area (TPSA) is 55.2 Å². The molecule has 0 aliphatic rings. The van der Waals surface area contributed by atoms with Gasteiger partial charge in [0.2, 0.25) is 5.91 Å². The van der Waals surface area contributed by atoms with Crippen LogP contribution in [0.1, 0.15) is 5.56 Å². The number of para-hydroxylation sites is 2. The standard InChI is InChI=1S/C24H20ClN3O2S/c1-27(19-7-3-2-4-8-19)22(29)16-31-24-26-21-10-6-5-9-20(21)23(30)28(24)15-17-11-13-18(25)14-12-17/h2-14H,15-16H2,1H3. The largest absolute Gasteiger partial charge is 0.315 e. The molecule has 0 radical (unpaired) electrons. The Kier molecular flexibility index (Phi) is 6.39. The van der Waals surface area contributed by atoms with Crippen LogP contribution in [-0.2, 0) is 11.3 Å². The normalized spacial score (nSPS) is 10.9. The van der Waals surface area contributed by atoms with E-state index in [-0.39, 0.29) is 17.2 Å². The van der Waals surface area contributed by atoms with Gasteiger partial charge in [0.15, 0.2) is 5.16 Å². The van der Waals surface area contributed by atoms with Crippen molar-refractivity contribution in [2.24, 2.45) is 0 Å². The Balaban J connectivity index is 1.64. The minimum absolute atomic E-state index is 0.0725. The van der Waals surface area contributed by atoms with Crippen LogP contribution in [0.25, 0.3) is 10.9 Å². The third-order valence-corrected chi connectivity index (χ3v) is 6.14. The number of amides is 1.